The maximum absolute atomic E-state index is 12.1. The molecule has 0 spiro atoms. The van der Waals surface area contributed by atoms with Crippen molar-refractivity contribution >= 4 is 11.8 Å². The molecule has 0 unspecified atom stereocenters. The average Bonchev–Trinajstić information content (AvgIpc) is 3.12. The Morgan fingerprint density at radius 1 is 1.00 bits per heavy atom. The molecule has 0 saturated carbocycles. The van der Waals surface area contributed by atoms with Gasteiger partial charge in [0.2, 0.25) is 6.79 Å². The minimum Gasteiger partial charge on any atom is -0.494 e. The van der Waals surface area contributed by atoms with Gasteiger partial charge in [0, 0.05) is 12.0 Å². The Balaban J connectivity index is 1.36. The molecule has 1 aliphatic heterocycles. The lowest BCUT2D eigenvalue weighted by molar-refractivity contribution is -0.142. The number of hydrogen-bond donors (Lipinski definition) is 0. The summed E-state index contributed by atoms with van der Waals surface area (Å²) in [5, 5.41) is 0. The number of carbonyl (C=O) groups is 2. The normalized spacial score (nSPS) is 11.8. The number of esters is 1. The van der Waals surface area contributed by atoms with E-state index >= 15 is 0 Å². The third-order valence-electron chi connectivity index (χ3n) is 3.60. The standard InChI is InChI=1S/C19H18O6/c20-16(14-8-9-17-18(11-14)25-13-24-17)12-23-19(21)7-4-10-22-15-5-2-1-3-6-15/h1-3,5-6,8-9,11H,4,7,10,12-13H2. The predicted octanol–water partition coefficient (Wildman–Crippen LogP) is 3.00. The minimum absolute atomic E-state index is 0.146. The van der Waals surface area contributed by atoms with Crippen LogP contribution >= 0.6 is 0 Å². The molecule has 0 radical (unpaired) electrons. The minimum atomic E-state index is -0.425. The van der Waals surface area contributed by atoms with Crippen molar-refractivity contribution in [2.75, 3.05) is 20.0 Å². The van der Waals surface area contributed by atoms with Crippen molar-refractivity contribution in [2.24, 2.45) is 0 Å². The molecule has 1 heterocycles. The molecule has 2 aromatic rings. The van der Waals surface area contributed by atoms with Crippen molar-refractivity contribution < 1.29 is 28.5 Å². The Morgan fingerprint density at radius 3 is 2.64 bits per heavy atom. The molecule has 3 rings (SSSR count). The molecule has 25 heavy (non-hydrogen) atoms. The smallest absolute Gasteiger partial charge is 0.306 e. The molecule has 0 aliphatic carbocycles. The van der Waals surface area contributed by atoms with Gasteiger partial charge in [0.1, 0.15) is 5.75 Å². The molecule has 0 atom stereocenters. The van der Waals surface area contributed by atoms with Crippen LogP contribution in [0, 0.1) is 0 Å². The number of hydrogen-bond acceptors (Lipinski definition) is 6. The highest BCUT2D eigenvalue weighted by Crippen LogP contribution is 2.32. The fraction of sp³-hybridized carbons (Fsp3) is 0.263. The molecule has 0 N–H and O–H groups in total. The first kappa shape index (κ1) is 16.8. The molecule has 0 amide bonds. The third-order valence-corrected chi connectivity index (χ3v) is 3.60. The van der Waals surface area contributed by atoms with E-state index in [0.29, 0.717) is 30.1 Å². The lowest BCUT2D eigenvalue weighted by atomic mass is 10.1. The zero-order valence-electron chi connectivity index (χ0n) is 13.6. The number of Topliss-reactive ketones (excluding diaryl/α,β-unsaturated/α-hetero) is 1. The highest BCUT2D eigenvalue weighted by atomic mass is 16.7. The Morgan fingerprint density at radius 2 is 1.80 bits per heavy atom. The molecule has 130 valence electrons. The van der Waals surface area contributed by atoms with Gasteiger partial charge in [0.15, 0.2) is 23.9 Å². The van der Waals surface area contributed by atoms with E-state index in [0.717, 1.165) is 5.75 Å². The summed E-state index contributed by atoms with van der Waals surface area (Å²) in [4.78, 5) is 23.8. The van der Waals surface area contributed by atoms with Crippen LogP contribution in [0.25, 0.3) is 0 Å². The van der Waals surface area contributed by atoms with Crippen molar-refractivity contribution in [3.8, 4) is 17.2 Å². The van der Waals surface area contributed by atoms with E-state index in [1.165, 1.54) is 0 Å². The van der Waals surface area contributed by atoms with Gasteiger partial charge in [-0.3, -0.25) is 9.59 Å². The van der Waals surface area contributed by atoms with Gasteiger partial charge < -0.3 is 18.9 Å². The van der Waals surface area contributed by atoms with Gasteiger partial charge in [-0.25, -0.2) is 0 Å². The second kappa shape index (κ2) is 8.19. The third kappa shape index (κ3) is 4.73. The van der Waals surface area contributed by atoms with Gasteiger partial charge >= 0.3 is 5.97 Å². The molecular weight excluding hydrogens is 324 g/mol. The van der Waals surface area contributed by atoms with Crippen LogP contribution in [-0.2, 0) is 9.53 Å². The van der Waals surface area contributed by atoms with Gasteiger partial charge in [-0.1, -0.05) is 18.2 Å². The van der Waals surface area contributed by atoms with E-state index in [1.54, 1.807) is 18.2 Å². The fourth-order valence-electron chi connectivity index (χ4n) is 2.29. The van der Waals surface area contributed by atoms with E-state index in [9.17, 15) is 9.59 Å². The second-order valence-electron chi connectivity index (χ2n) is 5.42. The SMILES string of the molecule is O=C(CCCOc1ccccc1)OCC(=O)c1ccc2c(c1)OCO2. The van der Waals surface area contributed by atoms with E-state index in [-0.39, 0.29) is 25.6 Å². The summed E-state index contributed by atoms with van der Waals surface area (Å²) in [5.74, 6) is 1.17. The zero-order chi connectivity index (χ0) is 17.5. The summed E-state index contributed by atoms with van der Waals surface area (Å²) in [7, 11) is 0. The van der Waals surface area contributed by atoms with Gasteiger partial charge in [-0.05, 0) is 36.8 Å². The summed E-state index contributed by atoms with van der Waals surface area (Å²) in [6.07, 6.45) is 0.715. The van der Waals surface area contributed by atoms with Crippen molar-refractivity contribution in [1.29, 1.82) is 0 Å². The fourth-order valence-corrected chi connectivity index (χ4v) is 2.29. The van der Waals surface area contributed by atoms with Crippen molar-refractivity contribution in [3.05, 3.63) is 54.1 Å². The summed E-state index contributed by atoms with van der Waals surface area (Å²) < 4.78 is 20.9. The summed E-state index contributed by atoms with van der Waals surface area (Å²) in [6.45, 7) is 0.264. The van der Waals surface area contributed by atoms with E-state index in [1.807, 2.05) is 30.3 Å². The van der Waals surface area contributed by atoms with Crippen LogP contribution in [0.15, 0.2) is 48.5 Å². The number of fused-ring (bicyclic) bond motifs is 1. The van der Waals surface area contributed by atoms with E-state index < -0.39 is 5.97 Å². The molecule has 0 bridgehead atoms. The van der Waals surface area contributed by atoms with Gasteiger partial charge in [0.05, 0.1) is 6.61 Å². The summed E-state index contributed by atoms with van der Waals surface area (Å²) in [5.41, 5.74) is 0.421. The molecule has 2 aromatic carbocycles. The number of ether oxygens (including phenoxy) is 4. The number of carbonyl (C=O) groups excluding carboxylic acids is 2. The number of rotatable bonds is 8. The quantitative estimate of drug-likeness (QED) is 0.417. The highest BCUT2D eigenvalue weighted by molar-refractivity contribution is 5.98. The van der Waals surface area contributed by atoms with Crippen LogP contribution in [-0.4, -0.2) is 31.8 Å². The molecule has 6 heteroatoms. The molecule has 6 nitrogen and oxygen atoms in total. The molecule has 0 aromatic heterocycles. The van der Waals surface area contributed by atoms with E-state index in [4.69, 9.17) is 18.9 Å². The largest absolute Gasteiger partial charge is 0.494 e. The zero-order valence-corrected chi connectivity index (χ0v) is 13.6. The Kier molecular flexibility index (Phi) is 5.51. The van der Waals surface area contributed by atoms with Gasteiger partial charge in [-0.2, -0.15) is 0 Å². The Labute approximate surface area is 145 Å². The van der Waals surface area contributed by atoms with Gasteiger partial charge in [0.25, 0.3) is 0 Å². The van der Waals surface area contributed by atoms with Crippen LogP contribution in [0.4, 0.5) is 0 Å². The highest BCUT2D eigenvalue weighted by Gasteiger charge is 2.17. The molecular formula is C19H18O6. The van der Waals surface area contributed by atoms with Crippen LogP contribution in [0.2, 0.25) is 0 Å². The van der Waals surface area contributed by atoms with Crippen molar-refractivity contribution in [3.63, 3.8) is 0 Å². The van der Waals surface area contributed by atoms with E-state index in [2.05, 4.69) is 0 Å². The maximum atomic E-state index is 12.1. The monoisotopic (exact) mass is 342 g/mol. The number of ketones is 1. The first-order valence-corrected chi connectivity index (χ1v) is 7.99. The van der Waals surface area contributed by atoms with Crippen molar-refractivity contribution in [1.82, 2.24) is 0 Å². The van der Waals surface area contributed by atoms with Crippen LogP contribution in [0.3, 0.4) is 0 Å². The Bertz CT molecular complexity index is 741. The van der Waals surface area contributed by atoms with Crippen molar-refractivity contribution in [2.45, 2.75) is 12.8 Å². The number of para-hydroxylation sites is 1. The lowest BCUT2D eigenvalue weighted by Gasteiger charge is -2.07. The molecule has 0 saturated heterocycles. The first-order valence-electron chi connectivity index (χ1n) is 7.99. The second-order valence-corrected chi connectivity index (χ2v) is 5.42. The van der Waals surface area contributed by atoms with Gasteiger partial charge in [-0.15, -0.1) is 0 Å². The molecule has 0 fully saturated rings. The number of benzene rings is 2. The van der Waals surface area contributed by atoms with Crippen LogP contribution in [0.1, 0.15) is 23.2 Å². The van der Waals surface area contributed by atoms with Crippen LogP contribution in [0.5, 0.6) is 17.2 Å². The first-order chi connectivity index (χ1) is 12.2. The molecule has 1 aliphatic rings. The summed E-state index contributed by atoms with van der Waals surface area (Å²) in [6, 6.07) is 14.2. The predicted molar refractivity (Wildman–Crippen MR) is 89.0 cm³/mol. The average molecular weight is 342 g/mol. The topological polar surface area (TPSA) is 71.1 Å². The summed E-state index contributed by atoms with van der Waals surface area (Å²) >= 11 is 0. The van der Waals surface area contributed by atoms with Crippen LogP contribution < -0.4 is 14.2 Å². The maximum Gasteiger partial charge on any atom is 0.306 e. The Hall–Kier alpha value is -3.02. The lowest BCUT2D eigenvalue weighted by Crippen LogP contribution is -2.14.